The molecule has 18 heavy (non-hydrogen) atoms. The molecule has 2 aliphatic heterocycles. The Morgan fingerprint density at radius 1 is 1.28 bits per heavy atom. The maximum atomic E-state index is 11.7. The van der Waals surface area contributed by atoms with E-state index in [-0.39, 0.29) is 5.97 Å². The van der Waals surface area contributed by atoms with Gasteiger partial charge in [0.05, 0.1) is 6.54 Å². The second kappa shape index (κ2) is 4.76. The van der Waals surface area contributed by atoms with Gasteiger partial charge in [0.15, 0.2) is 5.76 Å². The first-order valence-electron chi connectivity index (χ1n) is 6.19. The summed E-state index contributed by atoms with van der Waals surface area (Å²) in [6, 6.07) is 0. The molecule has 0 spiro atoms. The Bertz CT molecular complexity index is 514. The zero-order valence-electron chi connectivity index (χ0n) is 9.99. The standard InChI is InChI=1S/C14H14BrNO2/c15-10-4-3-7-16(8-10)9-13-11-5-1-2-6-12(11)14(17)18-13/h3-4,7,9H,1-2,5-6,8H2. The van der Waals surface area contributed by atoms with E-state index in [1.165, 1.54) is 0 Å². The molecular weight excluding hydrogens is 294 g/mol. The summed E-state index contributed by atoms with van der Waals surface area (Å²) in [5.41, 5.74) is 2.01. The lowest BCUT2D eigenvalue weighted by Gasteiger charge is -2.19. The van der Waals surface area contributed by atoms with Gasteiger partial charge in [0.2, 0.25) is 0 Å². The minimum atomic E-state index is -0.147. The number of carbonyl (C=O) groups is 1. The average Bonchev–Trinajstić information content (AvgIpc) is 2.67. The summed E-state index contributed by atoms with van der Waals surface area (Å²) < 4.78 is 6.50. The first-order valence-corrected chi connectivity index (χ1v) is 6.98. The third-order valence-corrected chi connectivity index (χ3v) is 3.90. The van der Waals surface area contributed by atoms with Crippen LogP contribution in [0.25, 0.3) is 0 Å². The van der Waals surface area contributed by atoms with Gasteiger partial charge in [-0.05, 0) is 37.8 Å². The number of nitrogens with zero attached hydrogens (tertiary/aromatic N) is 1. The summed E-state index contributed by atoms with van der Waals surface area (Å²) in [4.78, 5) is 13.8. The van der Waals surface area contributed by atoms with E-state index < -0.39 is 0 Å². The summed E-state index contributed by atoms with van der Waals surface area (Å²) in [6.45, 7) is 0.778. The van der Waals surface area contributed by atoms with Crippen LogP contribution in [0.15, 0.2) is 45.9 Å². The van der Waals surface area contributed by atoms with Gasteiger partial charge in [0.25, 0.3) is 0 Å². The van der Waals surface area contributed by atoms with Crippen molar-refractivity contribution < 1.29 is 9.53 Å². The van der Waals surface area contributed by atoms with Gasteiger partial charge in [0, 0.05) is 28.0 Å². The van der Waals surface area contributed by atoms with Gasteiger partial charge in [-0.1, -0.05) is 15.9 Å². The molecular formula is C14H14BrNO2. The van der Waals surface area contributed by atoms with Crippen molar-refractivity contribution in [3.05, 3.63) is 45.9 Å². The van der Waals surface area contributed by atoms with E-state index >= 15 is 0 Å². The van der Waals surface area contributed by atoms with E-state index in [4.69, 9.17) is 4.74 Å². The lowest BCUT2D eigenvalue weighted by molar-refractivity contribution is -0.133. The SMILES string of the molecule is O=C1OC(=CN2C=CC=C(Br)C2)C2=C1CCCC2. The second-order valence-corrected chi connectivity index (χ2v) is 5.69. The summed E-state index contributed by atoms with van der Waals surface area (Å²) in [5, 5.41) is 0. The number of rotatable bonds is 1. The van der Waals surface area contributed by atoms with E-state index in [1.807, 2.05) is 29.5 Å². The number of hydrogen-bond donors (Lipinski definition) is 0. The third kappa shape index (κ3) is 2.17. The lowest BCUT2D eigenvalue weighted by atomic mass is 9.92. The smallest absolute Gasteiger partial charge is 0.339 e. The fraction of sp³-hybridized carbons (Fsp3) is 0.357. The molecule has 0 N–H and O–H groups in total. The van der Waals surface area contributed by atoms with Crippen molar-refractivity contribution in [3.63, 3.8) is 0 Å². The Hall–Kier alpha value is -1.29. The Labute approximate surface area is 115 Å². The number of hydrogen-bond acceptors (Lipinski definition) is 3. The molecule has 0 bridgehead atoms. The van der Waals surface area contributed by atoms with Gasteiger partial charge < -0.3 is 9.64 Å². The van der Waals surface area contributed by atoms with Gasteiger partial charge in [-0.2, -0.15) is 0 Å². The Balaban J connectivity index is 1.85. The van der Waals surface area contributed by atoms with E-state index in [2.05, 4.69) is 15.9 Å². The van der Waals surface area contributed by atoms with Gasteiger partial charge in [-0.3, -0.25) is 0 Å². The van der Waals surface area contributed by atoms with Crippen LogP contribution < -0.4 is 0 Å². The van der Waals surface area contributed by atoms with Crippen LogP contribution in [0.5, 0.6) is 0 Å². The molecule has 0 unspecified atom stereocenters. The van der Waals surface area contributed by atoms with E-state index in [0.717, 1.165) is 53.6 Å². The van der Waals surface area contributed by atoms with Crippen molar-refractivity contribution >= 4 is 21.9 Å². The van der Waals surface area contributed by atoms with Crippen LogP contribution in [-0.2, 0) is 9.53 Å². The molecule has 0 amide bonds. The van der Waals surface area contributed by atoms with Crippen LogP contribution >= 0.6 is 15.9 Å². The normalized spacial score (nSPS) is 25.4. The molecule has 0 radical (unpaired) electrons. The van der Waals surface area contributed by atoms with Crippen LogP contribution in [0.2, 0.25) is 0 Å². The van der Waals surface area contributed by atoms with Crippen molar-refractivity contribution in [2.75, 3.05) is 6.54 Å². The summed E-state index contributed by atoms with van der Waals surface area (Å²) in [7, 11) is 0. The minimum Gasteiger partial charge on any atom is -0.421 e. The lowest BCUT2D eigenvalue weighted by Crippen LogP contribution is -2.15. The fourth-order valence-corrected chi connectivity index (χ4v) is 2.95. The predicted molar refractivity (Wildman–Crippen MR) is 72.5 cm³/mol. The molecule has 3 rings (SSSR count). The fourth-order valence-electron chi connectivity index (χ4n) is 2.51. The zero-order valence-corrected chi connectivity index (χ0v) is 11.6. The number of cyclic esters (lactones) is 1. The Morgan fingerprint density at radius 3 is 2.83 bits per heavy atom. The molecule has 0 fully saturated rings. The zero-order chi connectivity index (χ0) is 12.5. The summed E-state index contributed by atoms with van der Waals surface area (Å²) in [5.74, 6) is 0.591. The van der Waals surface area contributed by atoms with Crippen LogP contribution in [0.1, 0.15) is 25.7 Å². The van der Waals surface area contributed by atoms with Gasteiger partial charge in [-0.15, -0.1) is 0 Å². The molecule has 3 nitrogen and oxygen atoms in total. The monoisotopic (exact) mass is 307 g/mol. The van der Waals surface area contributed by atoms with Crippen LogP contribution in [0.3, 0.4) is 0 Å². The molecule has 4 heteroatoms. The van der Waals surface area contributed by atoms with Crippen LogP contribution in [-0.4, -0.2) is 17.4 Å². The maximum Gasteiger partial charge on any atom is 0.339 e. The second-order valence-electron chi connectivity index (χ2n) is 4.67. The summed E-state index contributed by atoms with van der Waals surface area (Å²) in [6.07, 6.45) is 12.0. The van der Waals surface area contributed by atoms with Crippen molar-refractivity contribution in [1.29, 1.82) is 0 Å². The first kappa shape index (κ1) is 11.8. The van der Waals surface area contributed by atoms with E-state index in [9.17, 15) is 4.79 Å². The van der Waals surface area contributed by atoms with E-state index in [1.54, 1.807) is 0 Å². The number of allylic oxidation sites excluding steroid dienone is 3. The van der Waals surface area contributed by atoms with Crippen molar-refractivity contribution in [3.8, 4) is 0 Å². The maximum absolute atomic E-state index is 11.7. The highest BCUT2D eigenvalue weighted by Gasteiger charge is 2.31. The highest BCUT2D eigenvalue weighted by molar-refractivity contribution is 9.11. The molecule has 3 aliphatic rings. The molecule has 0 aromatic heterocycles. The molecule has 94 valence electrons. The molecule has 0 aromatic carbocycles. The van der Waals surface area contributed by atoms with Crippen molar-refractivity contribution in [1.82, 2.24) is 4.90 Å². The number of halogens is 1. The quantitative estimate of drug-likeness (QED) is 0.696. The molecule has 0 atom stereocenters. The number of esters is 1. The van der Waals surface area contributed by atoms with Crippen molar-refractivity contribution in [2.45, 2.75) is 25.7 Å². The highest BCUT2D eigenvalue weighted by Crippen LogP contribution is 2.37. The highest BCUT2D eigenvalue weighted by atomic mass is 79.9. The average molecular weight is 308 g/mol. The first-order chi connectivity index (χ1) is 8.74. The molecule has 1 aliphatic carbocycles. The number of carbonyl (C=O) groups excluding carboxylic acids is 1. The largest absolute Gasteiger partial charge is 0.421 e. The molecule has 0 saturated heterocycles. The van der Waals surface area contributed by atoms with Crippen LogP contribution in [0, 0.1) is 0 Å². The van der Waals surface area contributed by atoms with Gasteiger partial charge in [-0.25, -0.2) is 4.79 Å². The summed E-state index contributed by atoms with van der Waals surface area (Å²) >= 11 is 3.48. The molecule has 0 saturated carbocycles. The molecule has 0 aromatic rings. The topological polar surface area (TPSA) is 29.5 Å². The number of ether oxygens (including phenoxy) is 1. The Kier molecular flexibility index (Phi) is 3.12. The Morgan fingerprint density at radius 2 is 2.06 bits per heavy atom. The van der Waals surface area contributed by atoms with Crippen molar-refractivity contribution in [2.24, 2.45) is 0 Å². The van der Waals surface area contributed by atoms with Crippen LogP contribution in [0.4, 0.5) is 0 Å². The molecule has 2 heterocycles. The third-order valence-electron chi connectivity index (χ3n) is 3.39. The van der Waals surface area contributed by atoms with Gasteiger partial charge in [0.1, 0.15) is 0 Å². The van der Waals surface area contributed by atoms with Gasteiger partial charge >= 0.3 is 5.97 Å². The predicted octanol–water partition coefficient (Wildman–Crippen LogP) is 3.36. The minimum absolute atomic E-state index is 0.147. The van der Waals surface area contributed by atoms with E-state index in [0.29, 0.717) is 0 Å².